The molecule has 2 rings (SSSR count). The number of benzene rings is 1. The van der Waals surface area contributed by atoms with E-state index in [4.69, 9.17) is 4.52 Å². The van der Waals surface area contributed by atoms with Crippen LogP contribution in [-0.2, 0) is 6.54 Å². The van der Waals surface area contributed by atoms with Gasteiger partial charge in [0.2, 0.25) is 0 Å². The van der Waals surface area contributed by atoms with Crippen molar-refractivity contribution in [1.29, 1.82) is 0 Å². The largest absolute Gasteiger partial charge is 0.361 e. The van der Waals surface area contributed by atoms with Crippen LogP contribution in [0.5, 0.6) is 0 Å². The Morgan fingerprint density at radius 3 is 2.78 bits per heavy atom. The predicted octanol–water partition coefficient (Wildman–Crippen LogP) is 2.36. The van der Waals surface area contributed by atoms with Crippen LogP contribution < -0.4 is 5.32 Å². The van der Waals surface area contributed by atoms with Gasteiger partial charge in [0.15, 0.2) is 5.69 Å². The van der Waals surface area contributed by atoms with Gasteiger partial charge in [0.05, 0.1) is 0 Å². The zero-order chi connectivity index (χ0) is 13.1. The SMILES string of the molecule is Cc1cc(C(=O)NCc2ccc(C)c(F)c2)no1. The van der Waals surface area contributed by atoms with E-state index in [1.807, 2.05) is 0 Å². The highest BCUT2D eigenvalue weighted by Gasteiger charge is 2.10. The van der Waals surface area contributed by atoms with Crippen LogP contribution in [-0.4, -0.2) is 11.1 Å². The Bertz CT molecular complexity index is 578. The van der Waals surface area contributed by atoms with Gasteiger partial charge in [-0.1, -0.05) is 17.3 Å². The molecular formula is C13H13FN2O2. The molecule has 1 heterocycles. The molecule has 0 unspecified atom stereocenters. The summed E-state index contributed by atoms with van der Waals surface area (Å²) in [6.45, 7) is 3.65. The maximum absolute atomic E-state index is 13.3. The lowest BCUT2D eigenvalue weighted by Gasteiger charge is -2.04. The van der Waals surface area contributed by atoms with E-state index in [2.05, 4.69) is 10.5 Å². The van der Waals surface area contributed by atoms with Gasteiger partial charge in [0.1, 0.15) is 11.6 Å². The maximum atomic E-state index is 13.3. The zero-order valence-corrected chi connectivity index (χ0v) is 10.2. The molecule has 18 heavy (non-hydrogen) atoms. The van der Waals surface area contributed by atoms with Crippen LogP contribution in [0.4, 0.5) is 4.39 Å². The van der Waals surface area contributed by atoms with E-state index in [9.17, 15) is 9.18 Å². The Hall–Kier alpha value is -2.17. The van der Waals surface area contributed by atoms with Crippen LogP contribution >= 0.6 is 0 Å². The van der Waals surface area contributed by atoms with Gasteiger partial charge >= 0.3 is 0 Å². The average Bonchev–Trinajstić information content (AvgIpc) is 2.77. The fourth-order valence-corrected chi connectivity index (χ4v) is 1.49. The molecule has 0 saturated carbocycles. The third-order valence-electron chi connectivity index (χ3n) is 2.55. The van der Waals surface area contributed by atoms with Crippen LogP contribution in [0.2, 0.25) is 0 Å². The Morgan fingerprint density at radius 2 is 2.17 bits per heavy atom. The summed E-state index contributed by atoms with van der Waals surface area (Å²) in [5, 5.41) is 6.25. The number of amides is 1. The minimum absolute atomic E-state index is 0.222. The van der Waals surface area contributed by atoms with E-state index in [1.165, 1.54) is 6.07 Å². The number of aromatic nitrogens is 1. The smallest absolute Gasteiger partial charge is 0.273 e. The summed E-state index contributed by atoms with van der Waals surface area (Å²) < 4.78 is 18.1. The van der Waals surface area contributed by atoms with E-state index >= 15 is 0 Å². The first-order chi connectivity index (χ1) is 8.56. The molecule has 1 aromatic heterocycles. The Morgan fingerprint density at radius 1 is 1.39 bits per heavy atom. The van der Waals surface area contributed by atoms with Crippen molar-refractivity contribution in [3.63, 3.8) is 0 Å². The fourth-order valence-electron chi connectivity index (χ4n) is 1.49. The normalized spacial score (nSPS) is 10.4. The van der Waals surface area contributed by atoms with Gasteiger partial charge < -0.3 is 9.84 Å². The Balaban J connectivity index is 1.99. The van der Waals surface area contributed by atoms with E-state index in [1.54, 1.807) is 32.0 Å². The predicted molar refractivity (Wildman–Crippen MR) is 63.5 cm³/mol. The molecule has 2 aromatic rings. The van der Waals surface area contributed by atoms with Crippen molar-refractivity contribution in [2.75, 3.05) is 0 Å². The summed E-state index contributed by atoms with van der Waals surface area (Å²) in [5.41, 5.74) is 1.50. The number of nitrogens with one attached hydrogen (secondary N) is 1. The van der Waals surface area contributed by atoms with Gasteiger partial charge in [-0.2, -0.15) is 0 Å². The molecule has 0 radical (unpaired) electrons. The number of hydrogen-bond donors (Lipinski definition) is 1. The molecule has 0 saturated heterocycles. The van der Waals surface area contributed by atoms with Crippen molar-refractivity contribution in [1.82, 2.24) is 10.5 Å². The first-order valence-electron chi connectivity index (χ1n) is 5.53. The fraction of sp³-hybridized carbons (Fsp3) is 0.231. The van der Waals surface area contributed by atoms with Crippen LogP contribution in [0.1, 0.15) is 27.4 Å². The number of aryl methyl sites for hydroxylation is 2. The summed E-state index contributed by atoms with van der Waals surface area (Å²) >= 11 is 0. The molecule has 4 nitrogen and oxygen atoms in total. The van der Waals surface area contributed by atoms with Crippen molar-refractivity contribution in [3.05, 3.63) is 52.7 Å². The van der Waals surface area contributed by atoms with Gasteiger partial charge in [-0.05, 0) is 31.0 Å². The average molecular weight is 248 g/mol. The summed E-state index contributed by atoms with van der Waals surface area (Å²) in [6, 6.07) is 6.40. The second kappa shape index (κ2) is 5.00. The van der Waals surface area contributed by atoms with Crippen molar-refractivity contribution in [3.8, 4) is 0 Å². The van der Waals surface area contributed by atoms with E-state index < -0.39 is 0 Å². The van der Waals surface area contributed by atoms with E-state index in [0.29, 0.717) is 16.9 Å². The molecule has 5 heteroatoms. The molecule has 0 bridgehead atoms. The highest BCUT2D eigenvalue weighted by molar-refractivity contribution is 5.92. The van der Waals surface area contributed by atoms with E-state index in [0.717, 1.165) is 0 Å². The van der Waals surface area contributed by atoms with Gasteiger partial charge in [0.25, 0.3) is 5.91 Å². The number of carbonyl (C=O) groups excluding carboxylic acids is 1. The summed E-state index contributed by atoms with van der Waals surface area (Å²) in [7, 11) is 0. The van der Waals surface area contributed by atoms with Crippen molar-refractivity contribution < 1.29 is 13.7 Å². The molecule has 1 aromatic carbocycles. The highest BCUT2D eigenvalue weighted by atomic mass is 19.1. The van der Waals surface area contributed by atoms with Gasteiger partial charge in [-0.3, -0.25) is 4.79 Å². The molecular weight excluding hydrogens is 235 g/mol. The van der Waals surface area contributed by atoms with Gasteiger partial charge in [-0.15, -0.1) is 0 Å². The zero-order valence-electron chi connectivity index (χ0n) is 10.2. The molecule has 94 valence electrons. The maximum Gasteiger partial charge on any atom is 0.273 e. The van der Waals surface area contributed by atoms with Crippen LogP contribution in [0.25, 0.3) is 0 Å². The molecule has 1 amide bonds. The molecule has 0 aliphatic heterocycles. The Kier molecular flexibility index (Phi) is 3.41. The first-order valence-corrected chi connectivity index (χ1v) is 5.53. The third-order valence-corrected chi connectivity index (χ3v) is 2.55. The monoisotopic (exact) mass is 248 g/mol. The number of hydrogen-bond acceptors (Lipinski definition) is 3. The minimum atomic E-state index is -0.340. The van der Waals surface area contributed by atoms with Crippen molar-refractivity contribution in [2.45, 2.75) is 20.4 Å². The summed E-state index contributed by atoms with van der Waals surface area (Å²) in [5.74, 6) is -0.0478. The number of carbonyl (C=O) groups is 1. The molecule has 0 spiro atoms. The minimum Gasteiger partial charge on any atom is -0.361 e. The number of halogens is 1. The Labute approximate surface area is 104 Å². The molecule has 1 N–H and O–H groups in total. The molecule has 0 aliphatic carbocycles. The summed E-state index contributed by atoms with van der Waals surface area (Å²) in [4.78, 5) is 11.7. The van der Waals surface area contributed by atoms with E-state index in [-0.39, 0.29) is 24.0 Å². The first kappa shape index (κ1) is 12.3. The number of rotatable bonds is 3. The molecule has 0 aliphatic rings. The van der Waals surface area contributed by atoms with Crippen LogP contribution in [0.3, 0.4) is 0 Å². The van der Waals surface area contributed by atoms with Gasteiger partial charge in [0, 0.05) is 12.6 Å². The lowest BCUT2D eigenvalue weighted by Crippen LogP contribution is -2.23. The second-order valence-electron chi connectivity index (χ2n) is 4.09. The third kappa shape index (κ3) is 2.74. The van der Waals surface area contributed by atoms with Crippen LogP contribution in [0, 0.1) is 19.7 Å². The quantitative estimate of drug-likeness (QED) is 0.907. The molecule has 0 fully saturated rings. The van der Waals surface area contributed by atoms with Crippen molar-refractivity contribution in [2.24, 2.45) is 0 Å². The standard InChI is InChI=1S/C13H13FN2O2/c1-8-3-4-10(6-11(8)14)7-15-13(17)12-5-9(2)18-16-12/h3-6H,7H2,1-2H3,(H,15,17). The second-order valence-corrected chi connectivity index (χ2v) is 4.09. The van der Waals surface area contributed by atoms with Crippen LogP contribution in [0.15, 0.2) is 28.8 Å². The molecule has 0 atom stereocenters. The van der Waals surface area contributed by atoms with Gasteiger partial charge in [-0.25, -0.2) is 4.39 Å². The lowest BCUT2D eigenvalue weighted by molar-refractivity contribution is 0.0941. The summed E-state index contributed by atoms with van der Waals surface area (Å²) in [6.07, 6.45) is 0. The number of nitrogens with zero attached hydrogens (tertiary/aromatic N) is 1. The topological polar surface area (TPSA) is 55.1 Å². The highest BCUT2D eigenvalue weighted by Crippen LogP contribution is 2.09. The van der Waals surface area contributed by atoms with Crippen molar-refractivity contribution >= 4 is 5.91 Å². The lowest BCUT2D eigenvalue weighted by atomic mass is 10.1.